The molecule has 0 heterocycles. The number of hydrogen-bond acceptors (Lipinski definition) is 5. The van der Waals surface area contributed by atoms with E-state index in [1.165, 1.54) is 0 Å². The van der Waals surface area contributed by atoms with Crippen molar-refractivity contribution in [1.29, 1.82) is 0 Å². The molecule has 0 spiro atoms. The minimum Gasteiger partial charge on any atom is -0.870 e. The van der Waals surface area contributed by atoms with Gasteiger partial charge in [0.25, 0.3) is 0 Å². The van der Waals surface area contributed by atoms with Crippen LogP contribution >= 0.6 is 0 Å². The first-order chi connectivity index (χ1) is 2.00. The molecule has 0 aromatic heterocycles. The summed E-state index contributed by atoms with van der Waals surface area (Å²) in [6, 6.07) is 0. The van der Waals surface area contributed by atoms with E-state index in [0.29, 0.717) is 0 Å². The Morgan fingerprint density at radius 1 is 1.14 bits per heavy atom. The molecule has 0 amide bonds. The van der Waals surface area contributed by atoms with Crippen molar-refractivity contribution in [3.05, 3.63) is 0 Å². The Morgan fingerprint density at radius 3 is 1.14 bits per heavy atom. The van der Waals surface area contributed by atoms with E-state index in [4.69, 9.17) is 17.5 Å². The van der Waals surface area contributed by atoms with Gasteiger partial charge in [-0.2, -0.15) is 0 Å². The van der Waals surface area contributed by atoms with Crippen LogP contribution < -0.4 is 0 Å². The second-order valence-corrected chi connectivity index (χ2v) is 1.22. The molecular weight excluding hydrogens is 177 g/mol. The third-order valence-corrected chi connectivity index (χ3v) is 0. The summed E-state index contributed by atoms with van der Waals surface area (Å²) < 4.78 is 34.1. The molecule has 0 aromatic rings. The summed E-state index contributed by atoms with van der Waals surface area (Å²) in [4.78, 5) is 0. The molecule has 0 fully saturated rings. The second-order valence-electron chi connectivity index (χ2n) is 0.408. The van der Waals surface area contributed by atoms with Crippen molar-refractivity contribution in [1.82, 2.24) is 0 Å². The van der Waals surface area contributed by atoms with Crippen molar-refractivity contribution in [2.24, 2.45) is 0 Å². The fourth-order valence-electron chi connectivity index (χ4n) is 0. The molecule has 0 rings (SSSR count). The SMILES string of the molecule is O=S(=O)([O-])[O-].[OH-].[Zn+2]. The smallest absolute Gasteiger partial charge is 0.870 e. The third-order valence-electron chi connectivity index (χ3n) is 0. The van der Waals surface area contributed by atoms with Crippen LogP contribution in [0.5, 0.6) is 0 Å². The molecule has 0 aromatic carbocycles. The van der Waals surface area contributed by atoms with Gasteiger partial charge in [0.15, 0.2) is 0 Å². The molecule has 0 radical (unpaired) electrons. The molecule has 0 unspecified atom stereocenters. The largest absolute Gasteiger partial charge is 2.00 e. The molecule has 1 N–H and O–H groups in total. The minimum atomic E-state index is -5.17. The number of hydrogen-bond donors (Lipinski definition) is 0. The fraction of sp³-hybridized carbons (Fsp3) is 0. The Balaban J connectivity index is -0.0000000800. The van der Waals surface area contributed by atoms with Gasteiger partial charge in [-0.05, 0) is 0 Å². The molecule has 0 saturated carbocycles. The summed E-state index contributed by atoms with van der Waals surface area (Å²) in [6.07, 6.45) is 0. The minimum absolute atomic E-state index is 0. The van der Waals surface area contributed by atoms with E-state index >= 15 is 0 Å². The predicted molar refractivity (Wildman–Crippen MR) is 12.4 cm³/mol. The Hall–Kier alpha value is 0.453. The standard InChI is InChI=1S/H2O4S.H2O.Zn/c1-5(2,3)4;;/h(H2,1,2,3,4);1H2;/q;;+2/p-3. The summed E-state index contributed by atoms with van der Waals surface area (Å²) in [5.74, 6) is 0. The summed E-state index contributed by atoms with van der Waals surface area (Å²) in [7, 11) is -5.17. The van der Waals surface area contributed by atoms with Gasteiger partial charge in [-0.25, -0.2) is 0 Å². The van der Waals surface area contributed by atoms with E-state index in [2.05, 4.69) is 0 Å². The molecule has 0 saturated heterocycles. The Kier molecular flexibility index (Phi) is 10.3. The molecule has 40 valence electrons. The molecule has 0 aliphatic heterocycles. The first kappa shape index (κ1) is 15.7. The Bertz CT molecular complexity index is 91.2. The average molecular weight is 178 g/mol. The van der Waals surface area contributed by atoms with Gasteiger partial charge in [0, 0.05) is 10.4 Å². The summed E-state index contributed by atoms with van der Waals surface area (Å²) in [6.45, 7) is 0. The van der Waals surface area contributed by atoms with Gasteiger partial charge >= 0.3 is 19.5 Å². The maximum atomic E-state index is 8.52. The van der Waals surface area contributed by atoms with Gasteiger partial charge in [-0.3, -0.25) is 8.42 Å². The van der Waals surface area contributed by atoms with Crippen LogP contribution in [0.15, 0.2) is 0 Å². The average Bonchev–Trinajstić information content (AvgIpc) is 0.722. The maximum Gasteiger partial charge on any atom is 2.00 e. The van der Waals surface area contributed by atoms with Crippen molar-refractivity contribution in [2.75, 3.05) is 0 Å². The van der Waals surface area contributed by atoms with Crippen molar-refractivity contribution in [3.8, 4) is 0 Å². The monoisotopic (exact) mass is 177 g/mol. The van der Waals surface area contributed by atoms with E-state index in [1.807, 2.05) is 0 Å². The number of rotatable bonds is 0. The van der Waals surface area contributed by atoms with Crippen LogP contribution in [0.3, 0.4) is 0 Å². The normalized spacial score (nSPS) is 8.29. The van der Waals surface area contributed by atoms with E-state index < -0.39 is 10.4 Å². The summed E-state index contributed by atoms with van der Waals surface area (Å²) in [5, 5.41) is 0. The molecule has 0 bridgehead atoms. The second kappa shape index (κ2) is 4.61. The van der Waals surface area contributed by atoms with E-state index in [-0.39, 0.29) is 25.0 Å². The molecule has 7 heavy (non-hydrogen) atoms. The summed E-state index contributed by atoms with van der Waals surface area (Å²) >= 11 is 0. The van der Waals surface area contributed by atoms with Gasteiger partial charge in [-0.15, -0.1) is 0 Å². The van der Waals surface area contributed by atoms with Gasteiger partial charge < -0.3 is 14.6 Å². The van der Waals surface area contributed by atoms with Gasteiger partial charge in [0.1, 0.15) is 0 Å². The van der Waals surface area contributed by atoms with Crippen LogP contribution in [-0.4, -0.2) is 23.0 Å². The molecule has 0 aliphatic rings. The Morgan fingerprint density at radius 2 is 1.14 bits per heavy atom. The van der Waals surface area contributed by atoms with Crippen LogP contribution in [-0.2, 0) is 29.9 Å². The van der Waals surface area contributed by atoms with Crippen molar-refractivity contribution in [2.45, 2.75) is 0 Å². The predicted octanol–water partition coefficient (Wildman–Crippen LogP) is -1.52. The first-order valence-corrected chi connectivity index (χ1v) is 2.00. The van der Waals surface area contributed by atoms with E-state index in [1.54, 1.807) is 0 Å². The molecule has 5 nitrogen and oxygen atoms in total. The molecule has 0 aliphatic carbocycles. The summed E-state index contributed by atoms with van der Waals surface area (Å²) in [5.41, 5.74) is 0. The zero-order valence-corrected chi connectivity index (χ0v) is 6.98. The fourth-order valence-corrected chi connectivity index (χ4v) is 0. The van der Waals surface area contributed by atoms with Crippen LogP contribution in [0.1, 0.15) is 0 Å². The third kappa shape index (κ3) is 623. The zero-order chi connectivity index (χ0) is 4.50. The Labute approximate surface area is 53.4 Å². The zero-order valence-electron chi connectivity index (χ0n) is 3.20. The first-order valence-electron chi connectivity index (χ1n) is 0.667. The van der Waals surface area contributed by atoms with Crippen LogP contribution in [0, 0.1) is 0 Å². The van der Waals surface area contributed by atoms with E-state index in [9.17, 15) is 0 Å². The maximum absolute atomic E-state index is 8.52. The van der Waals surface area contributed by atoms with Crippen LogP contribution in [0.25, 0.3) is 0 Å². The van der Waals surface area contributed by atoms with Crippen molar-refractivity contribution < 1.29 is 42.5 Å². The molecule has 0 atom stereocenters. The van der Waals surface area contributed by atoms with E-state index in [0.717, 1.165) is 0 Å². The molecular formula is HO5SZn-. The van der Waals surface area contributed by atoms with Crippen LogP contribution in [0.2, 0.25) is 0 Å². The van der Waals surface area contributed by atoms with Gasteiger partial charge in [0.05, 0.1) is 0 Å². The van der Waals surface area contributed by atoms with Gasteiger partial charge in [-0.1, -0.05) is 0 Å². The topological polar surface area (TPSA) is 110 Å². The van der Waals surface area contributed by atoms with Crippen LogP contribution in [0.4, 0.5) is 0 Å². The van der Waals surface area contributed by atoms with Gasteiger partial charge in [0.2, 0.25) is 0 Å². The quantitative estimate of drug-likeness (QED) is 0.254. The van der Waals surface area contributed by atoms with Crippen molar-refractivity contribution >= 4 is 10.4 Å². The van der Waals surface area contributed by atoms with Crippen molar-refractivity contribution in [3.63, 3.8) is 0 Å². The molecule has 7 heteroatoms.